The molecule has 1 N–H and O–H groups in total. The number of hydrogen-bond donors (Lipinski definition) is 1. The maximum Gasteiger partial charge on any atom is 0.338 e. The van der Waals surface area contributed by atoms with E-state index in [1.54, 1.807) is 13.8 Å². The predicted octanol–water partition coefficient (Wildman–Crippen LogP) is 0.364. The molecule has 0 aliphatic rings. The molecule has 0 rings (SSSR count). The molecule has 0 atom stereocenters. The lowest BCUT2D eigenvalue weighted by atomic mass is 10.2. The van der Waals surface area contributed by atoms with E-state index in [1.807, 2.05) is 0 Å². The maximum absolute atomic E-state index is 10.7. The summed E-state index contributed by atoms with van der Waals surface area (Å²) in [5.41, 5.74) is 0. The van der Waals surface area contributed by atoms with Crippen molar-refractivity contribution in [2.24, 2.45) is 0 Å². The number of rotatable bonds is 4. The Kier molecular flexibility index (Phi) is 3.71. The SMILES string of the molecule is CO[SiH](OC)C(C)(C)C(=O)O. The van der Waals surface area contributed by atoms with Crippen molar-refractivity contribution in [3.8, 4) is 0 Å². The minimum absolute atomic E-state index is 0.872. The molecule has 0 heterocycles. The van der Waals surface area contributed by atoms with E-state index < -0.39 is 20.3 Å². The first kappa shape index (κ1) is 10.6. The molecule has 4 nitrogen and oxygen atoms in total. The van der Waals surface area contributed by atoms with Crippen molar-refractivity contribution >= 4 is 15.3 Å². The highest BCUT2D eigenvalue weighted by Crippen LogP contribution is 2.28. The van der Waals surface area contributed by atoms with Crippen LogP contribution in [0.15, 0.2) is 0 Å². The predicted molar refractivity (Wildman–Crippen MR) is 42.8 cm³/mol. The highest BCUT2D eigenvalue weighted by atomic mass is 28.3. The van der Waals surface area contributed by atoms with Crippen LogP contribution in [0.1, 0.15) is 13.8 Å². The topological polar surface area (TPSA) is 55.8 Å². The molecule has 0 spiro atoms. The Balaban J connectivity index is 4.36. The summed E-state index contributed by atoms with van der Waals surface area (Å²) >= 11 is 0. The average molecular weight is 178 g/mol. The summed E-state index contributed by atoms with van der Waals surface area (Å²) in [7, 11) is 0.896. The van der Waals surface area contributed by atoms with Crippen molar-refractivity contribution in [3.63, 3.8) is 0 Å². The third kappa shape index (κ3) is 2.28. The third-order valence-electron chi connectivity index (χ3n) is 1.57. The molecule has 0 saturated heterocycles. The van der Waals surface area contributed by atoms with E-state index in [2.05, 4.69) is 0 Å². The Morgan fingerprint density at radius 2 is 1.73 bits per heavy atom. The second-order valence-corrected chi connectivity index (χ2v) is 5.88. The van der Waals surface area contributed by atoms with E-state index in [4.69, 9.17) is 14.0 Å². The van der Waals surface area contributed by atoms with Gasteiger partial charge >= 0.3 is 15.3 Å². The highest BCUT2D eigenvalue weighted by Gasteiger charge is 2.40. The van der Waals surface area contributed by atoms with Gasteiger partial charge in [0.2, 0.25) is 0 Å². The summed E-state index contributed by atoms with van der Waals surface area (Å²) in [6.07, 6.45) is 0. The van der Waals surface area contributed by atoms with Crippen LogP contribution in [0.25, 0.3) is 0 Å². The Bertz CT molecular complexity index is 142. The molecular weight excluding hydrogens is 164 g/mol. The number of aliphatic carboxylic acids is 1. The molecule has 0 aromatic rings. The molecule has 0 radical (unpaired) electrons. The van der Waals surface area contributed by atoms with E-state index in [0.29, 0.717) is 0 Å². The van der Waals surface area contributed by atoms with Gasteiger partial charge in [0.1, 0.15) is 5.04 Å². The first-order chi connectivity index (χ1) is 4.96. The molecule has 0 fully saturated rings. The van der Waals surface area contributed by atoms with Gasteiger partial charge < -0.3 is 14.0 Å². The van der Waals surface area contributed by atoms with Crippen LogP contribution in [0.2, 0.25) is 5.04 Å². The molecule has 0 aliphatic heterocycles. The van der Waals surface area contributed by atoms with Gasteiger partial charge in [-0.3, -0.25) is 4.79 Å². The van der Waals surface area contributed by atoms with Crippen LogP contribution in [0, 0.1) is 0 Å². The van der Waals surface area contributed by atoms with Crippen LogP contribution in [-0.4, -0.2) is 34.6 Å². The zero-order chi connectivity index (χ0) is 9.07. The fourth-order valence-electron chi connectivity index (χ4n) is 0.786. The van der Waals surface area contributed by atoms with Crippen LogP contribution in [0.5, 0.6) is 0 Å². The Hall–Kier alpha value is -0.393. The average Bonchev–Trinajstić information content (AvgIpc) is 1.89. The molecule has 0 aliphatic carbocycles. The molecule has 5 heteroatoms. The monoisotopic (exact) mass is 178 g/mol. The third-order valence-corrected chi connectivity index (χ3v) is 3.85. The number of hydrogen-bond acceptors (Lipinski definition) is 3. The first-order valence-corrected chi connectivity index (χ1v) is 4.77. The van der Waals surface area contributed by atoms with Crippen molar-refractivity contribution in [1.82, 2.24) is 0 Å². The van der Waals surface area contributed by atoms with E-state index in [-0.39, 0.29) is 0 Å². The lowest BCUT2D eigenvalue weighted by molar-refractivity contribution is -0.140. The van der Waals surface area contributed by atoms with Crippen LogP contribution >= 0.6 is 0 Å². The van der Waals surface area contributed by atoms with Gasteiger partial charge in [-0.15, -0.1) is 0 Å². The number of carboxylic acid groups (broad SMARTS) is 1. The van der Waals surface area contributed by atoms with E-state index in [0.717, 1.165) is 0 Å². The molecule has 11 heavy (non-hydrogen) atoms. The fourth-order valence-corrected chi connectivity index (χ4v) is 2.36. The van der Waals surface area contributed by atoms with Gasteiger partial charge in [-0.05, 0) is 13.8 Å². The summed E-state index contributed by atoms with van der Waals surface area (Å²) < 4.78 is 9.92. The van der Waals surface area contributed by atoms with E-state index in [1.165, 1.54) is 14.2 Å². The van der Waals surface area contributed by atoms with E-state index in [9.17, 15) is 4.79 Å². The molecule has 0 bridgehead atoms. The number of carbonyl (C=O) groups is 1. The summed E-state index contributed by atoms with van der Waals surface area (Å²) in [4.78, 5) is 10.7. The van der Waals surface area contributed by atoms with Gasteiger partial charge in [0.25, 0.3) is 0 Å². The summed E-state index contributed by atoms with van der Waals surface area (Å²) in [6.45, 7) is 3.22. The van der Waals surface area contributed by atoms with Crippen molar-refractivity contribution in [2.45, 2.75) is 18.9 Å². The summed E-state index contributed by atoms with van der Waals surface area (Å²) in [6, 6.07) is 0. The van der Waals surface area contributed by atoms with Crippen LogP contribution in [-0.2, 0) is 13.6 Å². The Labute approximate surface area is 68.0 Å². The Morgan fingerprint density at radius 1 is 1.36 bits per heavy atom. The van der Waals surface area contributed by atoms with Gasteiger partial charge in [0.05, 0.1) is 0 Å². The van der Waals surface area contributed by atoms with Crippen molar-refractivity contribution in [2.75, 3.05) is 14.2 Å². The van der Waals surface area contributed by atoms with Gasteiger partial charge in [-0.2, -0.15) is 0 Å². The van der Waals surface area contributed by atoms with Crippen LogP contribution in [0.4, 0.5) is 0 Å². The molecular formula is C6H14O4Si. The Morgan fingerprint density at radius 3 is 1.82 bits per heavy atom. The molecule has 0 unspecified atom stereocenters. The second kappa shape index (κ2) is 3.84. The second-order valence-electron chi connectivity index (χ2n) is 2.83. The van der Waals surface area contributed by atoms with Crippen molar-refractivity contribution in [3.05, 3.63) is 0 Å². The smallest absolute Gasteiger partial charge is 0.338 e. The lowest BCUT2D eigenvalue weighted by Gasteiger charge is -2.24. The fraction of sp³-hybridized carbons (Fsp3) is 0.833. The van der Waals surface area contributed by atoms with Gasteiger partial charge in [0, 0.05) is 14.2 Å². The summed E-state index contributed by atoms with van der Waals surface area (Å²) in [5.74, 6) is -0.877. The summed E-state index contributed by atoms with van der Waals surface area (Å²) in [5, 5.41) is 7.88. The van der Waals surface area contributed by atoms with Gasteiger partial charge in [-0.25, -0.2) is 0 Å². The van der Waals surface area contributed by atoms with Gasteiger partial charge in [-0.1, -0.05) is 0 Å². The standard InChI is InChI=1S/C6H14O4Si/c1-6(2,5(7)8)11(9-3)10-4/h11H,1-4H3,(H,7,8). The maximum atomic E-state index is 10.7. The van der Waals surface area contributed by atoms with E-state index >= 15 is 0 Å². The number of carboxylic acids is 1. The molecule has 0 saturated carbocycles. The van der Waals surface area contributed by atoms with Crippen molar-refractivity contribution < 1.29 is 18.8 Å². The molecule has 66 valence electrons. The van der Waals surface area contributed by atoms with Crippen LogP contribution in [0.3, 0.4) is 0 Å². The lowest BCUT2D eigenvalue weighted by Crippen LogP contribution is -2.38. The normalized spacial score (nSPS) is 12.1. The highest BCUT2D eigenvalue weighted by molar-refractivity contribution is 6.53. The zero-order valence-corrected chi connectivity index (χ0v) is 8.40. The quantitative estimate of drug-likeness (QED) is 0.632. The zero-order valence-electron chi connectivity index (χ0n) is 7.25. The first-order valence-electron chi connectivity index (χ1n) is 3.25. The molecule has 0 aromatic heterocycles. The molecule has 0 aromatic carbocycles. The largest absolute Gasteiger partial charge is 0.481 e. The molecule has 0 amide bonds. The van der Waals surface area contributed by atoms with Crippen LogP contribution < -0.4 is 0 Å². The van der Waals surface area contributed by atoms with Gasteiger partial charge in [0.15, 0.2) is 0 Å². The van der Waals surface area contributed by atoms with Crippen molar-refractivity contribution in [1.29, 1.82) is 0 Å². The minimum Gasteiger partial charge on any atom is -0.481 e. The minimum atomic E-state index is -2.06.